The monoisotopic (exact) mass is 328 g/mol. The molecule has 1 saturated heterocycles. The highest BCUT2D eigenvalue weighted by molar-refractivity contribution is 9.10. The lowest BCUT2D eigenvalue weighted by atomic mass is 9.98. The number of nitrogens with zero attached hydrogens (tertiary/aromatic N) is 1. The predicted octanol–water partition coefficient (Wildman–Crippen LogP) is 2.93. The van der Waals surface area contributed by atoms with Crippen LogP contribution in [-0.4, -0.2) is 29.9 Å². The van der Waals surface area contributed by atoms with Gasteiger partial charge in [-0.2, -0.15) is 0 Å². The second kappa shape index (κ2) is 6.48. The molecule has 0 aliphatic carbocycles. The van der Waals surface area contributed by atoms with Gasteiger partial charge in [-0.05, 0) is 50.4 Å². The quantitative estimate of drug-likeness (QED) is 0.927. The highest BCUT2D eigenvalue weighted by atomic mass is 79.9. The molecule has 0 bridgehead atoms. The Kier molecular flexibility index (Phi) is 4.93. The van der Waals surface area contributed by atoms with Gasteiger partial charge in [0.2, 0.25) is 0 Å². The molecule has 1 unspecified atom stereocenters. The number of rotatable bonds is 3. The van der Waals surface area contributed by atoms with Crippen LogP contribution in [0.4, 0.5) is 4.39 Å². The first-order valence-corrected chi connectivity index (χ1v) is 7.39. The lowest BCUT2D eigenvalue weighted by molar-refractivity contribution is 0.0600. The molecule has 0 aromatic heterocycles. The normalized spacial score (nSPS) is 19.5. The third kappa shape index (κ3) is 3.34. The maximum absolute atomic E-state index is 13.9. The van der Waals surface area contributed by atoms with Crippen LogP contribution >= 0.6 is 15.9 Å². The molecule has 104 valence electrons. The van der Waals surface area contributed by atoms with Gasteiger partial charge in [0.1, 0.15) is 5.82 Å². The van der Waals surface area contributed by atoms with E-state index in [4.69, 9.17) is 5.73 Å². The molecule has 1 aliphatic heterocycles. The molecule has 5 heteroatoms. The Morgan fingerprint density at radius 1 is 1.47 bits per heavy atom. The van der Waals surface area contributed by atoms with E-state index in [1.54, 1.807) is 11.0 Å². The molecule has 1 aromatic carbocycles. The number of nitrogens with two attached hydrogens (primary N) is 1. The number of piperidine rings is 1. The molecule has 2 rings (SSSR count). The van der Waals surface area contributed by atoms with E-state index in [0.29, 0.717) is 17.6 Å². The fourth-order valence-corrected chi connectivity index (χ4v) is 2.91. The van der Waals surface area contributed by atoms with Crippen LogP contribution in [0.5, 0.6) is 0 Å². The van der Waals surface area contributed by atoms with Crippen LogP contribution in [0.15, 0.2) is 22.7 Å². The minimum Gasteiger partial charge on any atom is -0.336 e. The number of halogens is 2. The second-order valence-electron chi connectivity index (χ2n) is 4.85. The van der Waals surface area contributed by atoms with Gasteiger partial charge in [0, 0.05) is 17.1 Å². The maximum Gasteiger partial charge on any atom is 0.257 e. The summed E-state index contributed by atoms with van der Waals surface area (Å²) in [5.74, 6) is -0.695. The van der Waals surface area contributed by atoms with Gasteiger partial charge in [-0.3, -0.25) is 4.79 Å². The van der Waals surface area contributed by atoms with Gasteiger partial charge in [0.15, 0.2) is 0 Å². The van der Waals surface area contributed by atoms with E-state index in [9.17, 15) is 9.18 Å². The Morgan fingerprint density at radius 2 is 2.26 bits per heavy atom. The summed E-state index contributed by atoms with van der Waals surface area (Å²) in [5.41, 5.74) is 5.74. The molecule has 19 heavy (non-hydrogen) atoms. The van der Waals surface area contributed by atoms with Gasteiger partial charge in [-0.15, -0.1) is 0 Å². The van der Waals surface area contributed by atoms with E-state index in [1.165, 1.54) is 12.1 Å². The molecule has 3 nitrogen and oxygen atoms in total. The highest BCUT2D eigenvalue weighted by Crippen LogP contribution is 2.23. The van der Waals surface area contributed by atoms with Crippen molar-refractivity contribution < 1.29 is 9.18 Å². The first-order valence-electron chi connectivity index (χ1n) is 6.59. The molecule has 1 fully saturated rings. The van der Waals surface area contributed by atoms with Crippen LogP contribution in [0, 0.1) is 5.82 Å². The van der Waals surface area contributed by atoms with E-state index in [2.05, 4.69) is 15.9 Å². The summed E-state index contributed by atoms with van der Waals surface area (Å²) >= 11 is 3.20. The summed E-state index contributed by atoms with van der Waals surface area (Å²) in [5, 5.41) is 0. The summed E-state index contributed by atoms with van der Waals surface area (Å²) in [6.07, 6.45) is 3.83. The lowest BCUT2D eigenvalue weighted by Crippen LogP contribution is -2.44. The molecular formula is C14H18BrFN2O. The van der Waals surface area contributed by atoms with E-state index in [0.717, 1.165) is 25.7 Å². The maximum atomic E-state index is 13.9. The summed E-state index contributed by atoms with van der Waals surface area (Å²) < 4.78 is 14.5. The zero-order chi connectivity index (χ0) is 13.8. The molecule has 0 radical (unpaired) electrons. The van der Waals surface area contributed by atoms with Gasteiger partial charge in [-0.25, -0.2) is 4.39 Å². The van der Waals surface area contributed by atoms with Crippen molar-refractivity contribution >= 4 is 21.8 Å². The van der Waals surface area contributed by atoms with E-state index < -0.39 is 5.82 Å². The Morgan fingerprint density at radius 3 is 2.95 bits per heavy atom. The van der Waals surface area contributed by atoms with Gasteiger partial charge in [0.05, 0.1) is 5.56 Å². The Hall–Kier alpha value is -0.940. The van der Waals surface area contributed by atoms with Crippen LogP contribution < -0.4 is 5.73 Å². The van der Waals surface area contributed by atoms with Crippen molar-refractivity contribution in [2.75, 3.05) is 13.1 Å². The largest absolute Gasteiger partial charge is 0.336 e. The summed E-state index contributed by atoms with van der Waals surface area (Å²) in [6, 6.07) is 4.71. The van der Waals surface area contributed by atoms with Crippen LogP contribution in [0.2, 0.25) is 0 Å². The summed E-state index contributed by atoms with van der Waals surface area (Å²) in [6.45, 7) is 1.25. The number of likely N-dealkylation sites (tertiary alicyclic amines) is 1. The van der Waals surface area contributed by atoms with Crippen molar-refractivity contribution in [1.29, 1.82) is 0 Å². The highest BCUT2D eigenvalue weighted by Gasteiger charge is 2.28. The Labute approximate surface area is 121 Å². The van der Waals surface area contributed by atoms with Crippen LogP contribution in [0.3, 0.4) is 0 Å². The van der Waals surface area contributed by atoms with Gasteiger partial charge in [-0.1, -0.05) is 15.9 Å². The smallest absolute Gasteiger partial charge is 0.257 e. The van der Waals surface area contributed by atoms with Gasteiger partial charge >= 0.3 is 0 Å². The number of carbonyl (C=O) groups is 1. The summed E-state index contributed by atoms with van der Waals surface area (Å²) in [4.78, 5) is 14.2. The lowest BCUT2D eigenvalue weighted by Gasteiger charge is -2.35. The number of hydrogen-bond donors (Lipinski definition) is 1. The van der Waals surface area contributed by atoms with Crippen LogP contribution in [0.25, 0.3) is 0 Å². The average molecular weight is 329 g/mol. The van der Waals surface area contributed by atoms with Crippen molar-refractivity contribution in [2.24, 2.45) is 5.73 Å². The number of amides is 1. The van der Waals surface area contributed by atoms with Gasteiger partial charge in [0.25, 0.3) is 5.91 Å². The molecule has 1 aliphatic rings. The first kappa shape index (κ1) is 14.5. The zero-order valence-electron chi connectivity index (χ0n) is 10.7. The number of hydrogen-bond acceptors (Lipinski definition) is 2. The van der Waals surface area contributed by atoms with Crippen molar-refractivity contribution in [2.45, 2.75) is 31.7 Å². The van der Waals surface area contributed by atoms with Crippen molar-refractivity contribution in [3.8, 4) is 0 Å². The predicted molar refractivity (Wildman–Crippen MR) is 76.4 cm³/mol. The molecule has 2 N–H and O–H groups in total. The van der Waals surface area contributed by atoms with Gasteiger partial charge < -0.3 is 10.6 Å². The van der Waals surface area contributed by atoms with E-state index in [-0.39, 0.29) is 17.5 Å². The van der Waals surface area contributed by atoms with Crippen molar-refractivity contribution in [1.82, 2.24) is 4.90 Å². The average Bonchev–Trinajstić information content (AvgIpc) is 2.39. The molecule has 1 atom stereocenters. The summed E-state index contributed by atoms with van der Waals surface area (Å²) in [7, 11) is 0. The Balaban J connectivity index is 2.21. The second-order valence-corrected chi connectivity index (χ2v) is 5.77. The van der Waals surface area contributed by atoms with Crippen LogP contribution in [0.1, 0.15) is 36.0 Å². The van der Waals surface area contributed by atoms with Crippen LogP contribution in [-0.2, 0) is 0 Å². The molecule has 1 amide bonds. The molecular weight excluding hydrogens is 311 g/mol. The number of benzene rings is 1. The van der Waals surface area contributed by atoms with Crippen molar-refractivity contribution in [3.05, 3.63) is 34.1 Å². The minimum atomic E-state index is -0.476. The minimum absolute atomic E-state index is 0.145. The fraction of sp³-hybridized carbons (Fsp3) is 0.500. The molecule has 0 spiro atoms. The first-order chi connectivity index (χ1) is 9.13. The van der Waals surface area contributed by atoms with E-state index in [1.807, 2.05) is 0 Å². The Bertz CT molecular complexity index is 465. The third-order valence-electron chi connectivity index (χ3n) is 3.55. The van der Waals surface area contributed by atoms with Crippen molar-refractivity contribution in [3.63, 3.8) is 0 Å². The van der Waals surface area contributed by atoms with E-state index >= 15 is 0 Å². The SMILES string of the molecule is NCCC1CCCCN1C(=O)c1ccc(Br)cc1F. The molecule has 1 heterocycles. The zero-order valence-corrected chi connectivity index (χ0v) is 12.3. The fourth-order valence-electron chi connectivity index (χ4n) is 2.58. The molecule has 1 aromatic rings. The standard InChI is InChI=1S/C14H18BrFN2O/c15-10-4-5-12(13(16)9-10)14(19)18-8-2-1-3-11(18)6-7-17/h4-5,9,11H,1-3,6-8,17H2. The number of carbonyl (C=O) groups excluding carboxylic acids is 1. The third-order valence-corrected chi connectivity index (χ3v) is 4.04. The topological polar surface area (TPSA) is 46.3 Å². The molecule has 0 saturated carbocycles.